The van der Waals surface area contributed by atoms with Crippen molar-refractivity contribution in [3.63, 3.8) is 0 Å². The summed E-state index contributed by atoms with van der Waals surface area (Å²) in [4.78, 5) is 3.72. The molecule has 0 aromatic carbocycles. The zero-order chi connectivity index (χ0) is 12.4. The Hall–Kier alpha value is -0.800. The van der Waals surface area contributed by atoms with Gasteiger partial charge in [-0.3, -0.25) is 0 Å². The molecule has 0 aliphatic carbocycles. The van der Waals surface area contributed by atoms with E-state index in [-0.39, 0.29) is 17.5 Å². The van der Waals surface area contributed by atoms with Crippen molar-refractivity contribution in [1.29, 1.82) is 0 Å². The van der Waals surface area contributed by atoms with Gasteiger partial charge in [0.1, 0.15) is 0 Å². The Morgan fingerprint density at radius 2 is 1.73 bits per heavy atom. The van der Waals surface area contributed by atoms with Gasteiger partial charge in [-0.05, 0) is 18.6 Å². The van der Waals surface area contributed by atoms with Crippen molar-refractivity contribution >= 4 is 11.6 Å². The molecule has 15 heavy (non-hydrogen) atoms. The molecule has 1 aromatic rings. The van der Waals surface area contributed by atoms with Gasteiger partial charge in [0.05, 0.1) is 12.3 Å². The molecule has 88 valence electrons. The smallest absolute Gasteiger partial charge is 0.171 e. The van der Waals surface area contributed by atoms with E-state index in [4.69, 9.17) is 21.8 Å². The van der Waals surface area contributed by atoms with Crippen LogP contribution in [0.15, 0.2) is 6.07 Å². The Morgan fingerprint density at radius 1 is 1.27 bits per heavy atom. The minimum absolute atomic E-state index is 0.0242. The zero-order valence-electron chi connectivity index (χ0n) is 10.0. The molecule has 0 bridgehead atoms. The van der Waals surface area contributed by atoms with Gasteiger partial charge in [0.25, 0.3) is 0 Å². The van der Waals surface area contributed by atoms with E-state index in [0.29, 0.717) is 11.3 Å². The van der Waals surface area contributed by atoms with Gasteiger partial charge in [-0.25, -0.2) is 4.98 Å². The fourth-order valence-electron chi connectivity index (χ4n) is 0.773. The van der Waals surface area contributed by atoms with Crippen molar-refractivity contribution in [3.05, 3.63) is 22.5 Å². The number of hydrogen-bond donors (Lipinski definition) is 2. The topological polar surface area (TPSA) is 53.4 Å². The molecule has 0 spiro atoms. The van der Waals surface area contributed by atoms with Gasteiger partial charge in [-0.1, -0.05) is 39.3 Å². The van der Waals surface area contributed by atoms with Gasteiger partial charge in [0, 0.05) is 0 Å². The highest BCUT2D eigenvalue weighted by Crippen LogP contribution is 2.24. The third-order valence-corrected chi connectivity index (χ3v) is 1.62. The standard InChI is InChI=1S/C7H8ClNO2.2C2H6/c1-4-2-5(3-10)9-7(8)6(4)11;2*1-2/h2,10-11H,3H2,1H3;2*1-2H3. The number of aliphatic hydroxyl groups excluding tert-OH is 1. The molecular weight excluding hydrogens is 214 g/mol. The lowest BCUT2D eigenvalue weighted by Gasteiger charge is -2.02. The average Bonchev–Trinajstić information content (AvgIpc) is 2.30. The molecule has 0 atom stereocenters. The third-order valence-electron chi connectivity index (χ3n) is 1.36. The van der Waals surface area contributed by atoms with Crippen LogP contribution in [0.5, 0.6) is 5.75 Å². The van der Waals surface area contributed by atoms with E-state index >= 15 is 0 Å². The maximum absolute atomic E-state index is 9.15. The van der Waals surface area contributed by atoms with Crippen LogP contribution in [0.4, 0.5) is 0 Å². The van der Waals surface area contributed by atoms with Gasteiger partial charge >= 0.3 is 0 Å². The lowest BCUT2D eigenvalue weighted by Crippen LogP contribution is -1.91. The second-order valence-corrected chi connectivity index (χ2v) is 2.59. The summed E-state index contributed by atoms with van der Waals surface area (Å²) in [7, 11) is 0. The van der Waals surface area contributed by atoms with Crippen LogP contribution >= 0.6 is 11.6 Å². The number of rotatable bonds is 1. The molecule has 0 fully saturated rings. The maximum Gasteiger partial charge on any atom is 0.171 e. The number of hydrogen-bond acceptors (Lipinski definition) is 3. The first-order valence-corrected chi connectivity index (χ1v) is 5.48. The molecule has 3 nitrogen and oxygen atoms in total. The number of aliphatic hydroxyl groups is 1. The van der Waals surface area contributed by atoms with Crippen LogP contribution in [0.1, 0.15) is 39.0 Å². The van der Waals surface area contributed by atoms with Crippen molar-refractivity contribution in [2.24, 2.45) is 0 Å². The summed E-state index contributed by atoms with van der Waals surface area (Å²) >= 11 is 5.53. The van der Waals surface area contributed by atoms with Gasteiger partial charge in [-0.15, -0.1) is 0 Å². The Kier molecular flexibility index (Phi) is 10.8. The van der Waals surface area contributed by atoms with Crippen LogP contribution in [0.2, 0.25) is 5.15 Å². The highest BCUT2D eigenvalue weighted by Gasteiger charge is 2.04. The van der Waals surface area contributed by atoms with E-state index < -0.39 is 0 Å². The summed E-state index contributed by atoms with van der Waals surface area (Å²) in [5, 5.41) is 17.9. The second kappa shape index (κ2) is 9.74. The molecular formula is C11H20ClNO2. The Labute approximate surface area is 96.7 Å². The first-order chi connectivity index (χ1) is 7.15. The summed E-state index contributed by atoms with van der Waals surface area (Å²) < 4.78 is 0. The van der Waals surface area contributed by atoms with Gasteiger partial charge in [-0.2, -0.15) is 0 Å². The summed E-state index contributed by atoms with van der Waals surface area (Å²) in [6.45, 7) is 9.53. The lowest BCUT2D eigenvalue weighted by molar-refractivity contribution is 0.276. The van der Waals surface area contributed by atoms with Crippen LogP contribution in [0, 0.1) is 6.92 Å². The number of halogens is 1. The normalized spacial score (nSPS) is 8.20. The van der Waals surface area contributed by atoms with Crippen LogP contribution < -0.4 is 0 Å². The highest BCUT2D eigenvalue weighted by molar-refractivity contribution is 6.30. The Bertz CT molecular complexity index is 254. The van der Waals surface area contributed by atoms with Crippen molar-refractivity contribution in [1.82, 2.24) is 4.98 Å². The number of nitrogens with zero attached hydrogens (tertiary/aromatic N) is 1. The molecule has 2 N–H and O–H groups in total. The van der Waals surface area contributed by atoms with Crippen LogP contribution in [0.25, 0.3) is 0 Å². The molecule has 0 saturated carbocycles. The maximum atomic E-state index is 9.15. The summed E-state index contributed by atoms with van der Waals surface area (Å²) in [6, 6.07) is 1.58. The lowest BCUT2D eigenvalue weighted by atomic mass is 10.2. The van der Waals surface area contributed by atoms with Crippen molar-refractivity contribution in [2.75, 3.05) is 0 Å². The number of aromatic nitrogens is 1. The Morgan fingerprint density at radius 3 is 2.07 bits per heavy atom. The molecule has 4 heteroatoms. The molecule has 0 amide bonds. The number of aryl methyl sites for hydroxylation is 1. The monoisotopic (exact) mass is 233 g/mol. The van der Waals surface area contributed by atoms with Crippen molar-refractivity contribution in [3.8, 4) is 5.75 Å². The summed E-state index contributed by atoms with van der Waals surface area (Å²) in [6.07, 6.45) is 0. The SMILES string of the molecule is CC.CC.Cc1cc(CO)nc(Cl)c1O. The average molecular weight is 234 g/mol. The largest absolute Gasteiger partial charge is 0.505 e. The van der Waals surface area contributed by atoms with E-state index in [9.17, 15) is 0 Å². The van der Waals surface area contributed by atoms with Crippen LogP contribution in [-0.4, -0.2) is 15.2 Å². The van der Waals surface area contributed by atoms with E-state index in [1.54, 1.807) is 13.0 Å². The first-order valence-electron chi connectivity index (χ1n) is 5.11. The van der Waals surface area contributed by atoms with Crippen molar-refractivity contribution in [2.45, 2.75) is 41.2 Å². The highest BCUT2D eigenvalue weighted by atomic mass is 35.5. The molecule has 0 radical (unpaired) electrons. The first kappa shape index (κ1) is 16.6. The van der Waals surface area contributed by atoms with Gasteiger partial charge in [0.2, 0.25) is 0 Å². The Balaban J connectivity index is 0. The predicted octanol–water partition coefficient (Wildman–Crippen LogP) is 3.29. The molecule has 0 aliphatic heterocycles. The summed E-state index contributed by atoms with van der Waals surface area (Å²) in [5.74, 6) is -0.0242. The summed E-state index contributed by atoms with van der Waals surface area (Å²) in [5.41, 5.74) is 1.08. The number of pyridine rings is 1. The van der Waals surface area contributed by atoms with E-state index in [2.05, 4.69) is 4.98 Å². The van der Waals surface area contributed by atoms with E-state index in [1.807, 2.05) is 27.7 Å². The molecule has 0 unspecified atom stereocenters. The predicted molar refractivity (Wildman–Crippen MR) is 64.3 cm³/mol. The minimum atomic E-state index is -0.166. The minimum Gasteiger partial charge on any atom is -0.505 e. The van der Waals surface area contributed by atoms with Crippen LogP contribution in [-0.2, 0) is 6.61 Å². The van der Waals surface area contributed by atoms with E-state index in [0.717, 1.165) is 0 Å². The fraction of sp³-hybridized carbons (Fsp3) is 0.545. The van der Waals surface area contributed by atoms with Crippen molar-refractivity contribution < 1.29 is 10.2 Å². The molecule has 1 heterocycles. The fourth-order valence-corrected chi connectivity index (χ4v) is 1.03. The second-order valence-electron chi connectivity index (χ2n) is 2.23. The van der Waals surface area contributed by atoms with Gasteiger partial charge in [0.15, 0.2) is 10.9 Å². The quantitative estimate of drug-likeness (QED) is 0.732. The molecule has 1 aromatic heterocycles. The molecule has 0 saturated heterocycles. The van der Waals surface area contributed by atoms with Crippen LogP contribution in [0.3, 0.4) is 0 Å². The molecule has 0 aliphatic rings. The third kappa shape index (κ3) is 5.60. The van der Waals surface area contributed by atoms with Gasteiger partial charge < -0.3 is 10.2 Å². The molecule has 1 rings (SSSR count). The number of aromatic hydroxyl groups is 1. The van der Waals surface area contributed by atoms with E-state index in [1.165, 1.54) is 0 Å². The zero-order valence-corrected chi connectivity index (χ0v) is 10.8.